The summed E-state index contributed by atoms with van der Waals surface area (Å²) in [5.41, 5.74) is -0.591. The zero-order valence-electron chi connectivity index (χ0n) is 16.9. The summed E-state index contributed by atoms with van der Waals surface area (Å²) in [6, 6.07) is 8.33. The predicted molar refractivity (Wildman–Crippen MR) is 109 cm³/mol. The van der Waals surface area contributed by atoms with Gasteiger partial charge in [-0.1, -0.05) is 39.0 Å². The third kappa shape index (κ3) is 4.54. The van der Waals surface area contributed by atoms with Gasteiger partial charge in [-0.05, 0) is 37.2 Å². The number of hydrogen-bond donors (Lipinski definition) is 0. The van der Waals surface area contributed by atoms with Gasteiger partial charge in [-0.15, -0.1) is 0 Å². The molecule has 0 amide bonds. The van der Waals surface area contributed by atoms with Crippen LogP contribution in [0.4, 0.5) is 0 Å². The highest BCUT2D eigenvalue weighted by atomic mass is 28.4. The van der Waals surface area contributed by atoms with Crippen molar-refractivity contribution in [2.75, 3.05) is 6.61 Å². The van der Waals surface area contributed by atoms with E-state index in [4.69, 9.17) is 4.43 Å². The summed E-state index contributed by atoms with van der Waals surface area (Å²) in [4.78, 5) is 37.9. The Labute approximate surface area is 160 Å². The maximum Gasteiger partial charge on any atom is 0.338 e. The van der Waals surface area contributed by atoms with E-state index < -0.39 is 25.5 Å². The molecule has 0 radical (unpaired) electrons. The van der Waals surface area contributed by atoms with Gasteiger partial charge < -0.3 is 4.43 Å². The average Bonchev–Trinajstić information content (AvgIpc) is 2.59. The maximum absolute atomic E-state index is 12.8. The lowest BCUT2D eigenvalue weighted by atomic mass is 10.2. The van der Waals surface area contributed by atoms with E-state index in [0.717, 1.165) is 0 Å². The summed E-state index contributed by atoms with van der Waals surface area (Å²) in [5.74, 6) is -0.617. The molecule has 2 aromatic rings. The minimum Gasteiger partial charge on any atom is -0.415 e. The van der Waals surface area contributed by atoms with E-state index >= 15 is 0 Å². The first kappa shape index (κ1) is 21.1. The first-order valence-electron chi connectivity index (χ1n) is 9.02. The molecular formula is C20H28N2O4Si. The maximum atomic E-state index is 12.8. The number of aromatic nitrogens is 2. The van der Waals surface area contributed by atoms with E-state index in [9.17, 15) is 14.4 Å². The first-order valence-corrected chi connectivity index (χ1v) is 11.9. The fourth-order valence-corrected chi connectivity index (χ4v) is 3.44. The highest BCUT2D eigenvalue weighted by Crippen LogP contribution is 2.36. The summed E-state index contributed by atoms with van der Waals surface area (Å²) < 4.78 is 8.20. The van der Waals surface area contributed by atoms with Crippen LogP contribution in [0.15, 0.2) is 46.1 Å². The van der Waals surface area contributed by atoms with Gasteiger partial charge in [0.2, 0.25) is 0 Å². The number of nitrogens with zero attached hydrogens (tertiary/aromatic N) is 2. The molecule has 146 valence electrons. The van der Waals surface area contributed by atoms with Gasteiger partial charge >= 0.3 is 5.69 Å². The fourth-order valence-electron chi connectivity index (χ4n) is 2.40. The number of carbonyl (C=O) groups excluding carboxylic acids is 1. The Morgan fingerprint density at radius 3 is 2.26 bits per heavy atom. The van der Waals surface area contributed by atoms with Crippen LogP contribution >= 0.6 is 0 Å². The van der Waals surface area contributed by atoms with E-state index in [0.29, 0.717) is 22.3 Å². The average molecular weight is 389 g/mol. The topological polar surface area (TPSA) is 70.3 Å². The van der Waals surface area contributed by atoms with E-state index in [-0.39, 0.29) is 11.6 Å². The third-order valence-electron chi connectivity index (χ3n) is 5.15. The third-order valence-corrected chi connectivity index (χ3v) is 9.69. The molecule has 6 nitrogen and oxygen atoms in total. The van der Waals surface area contributed by atoms with Gasteiger partial charge in [-0.2, -0.15) is 4.57 Å². The van der Waals surface area contributed by atoms with E-state index in [2.05, 4.69) is 33.9 Å². The van der Waals surface area contributed by atoms with E-state index in [1.54, 1.807) is 37.3 Å². The Morgan fingerprint density at radius 1 is 1.11 bits per heavy atom. The number of benzene rings is 1. The molecule has 0 saturated carbocycles. The molecule has 0 saturated heterocycles. The monoisotopic (exact) mass is 388 g/mol. The quantitative estimate of drug-likeness (QED) is 0.738. The molecule has 0 unspecified atom stereocenters. The number of carbonyl (C=O) groups is 1. The minimum absolute atomic E-state index is 0.0654. The second-order valence-electron chi connectivity index (χ2n) is 8.21. The lowest BCUT2D eigenvalue weighted by Crippen LogP contribution is -2.46. The van der Waals surface area contributed by atoms with Crippen LogP contribution in [0.2, 0.25) is 18.1 Å². The van der Waals surface area contributed by atoms with Crippen molar-refractivity contribution >= 4 is 14.2 Å². The van der Waals surface area contributed by atoms with Crippen LogP contribution < -0.4 is 11.2 Å². The molecule has 2 rings (SSSR count). The van der Waals surface area contributed by atoms with Crippen molar-refractivity contribution in [3.8, 4) is 0 Å². The van der Waals surface area contributed by atoms with Crippen LogP contribution in [-0.4, -0.2) is 30.0 Å². The summed E-state index contributed by atoms with van der Waals surface area (Å²) in [6.07, 6.45) is 1.49. The molecule has 0 aliphatic rings. The van der Waals surface area contributed by atoms with Gasteiger partial charge in [0.1, 0.15) is 0 Å². The van der Waals surface area contributed by atoms with Crippen LogP contribution in [0.5, 0.6) is 0 Å². The molecule has 0 bridgehead atoms. The number of aryl methyl sites for hydroxylation is 1. The lowest BCUT2D eigenvalue weighted by molar-refractivity contribution is 0.0947. The predicted octanol–water partition coefficient (Wildman–Crippen LogP) is 3.03. The smallest absolute Gasteiger partial charge is 0.338 e. The molecule has 1 aromatic carbocycles. The second-order valence-corrected chi connectivity index (χ2v) is 13.0. The standard InChI is InChI=1S/C20H28N2O4Si/c1-15-14-21(12-13-26-27(5,6)20(2,3)4)19(25)22(17(15)23)18(24)16-10-8-7-9-11-16/h7-11,14H,12-13H2,1-6H3. The molecule has 0 aliphatic heterocycles. The summed E-state index contributed by atoms with van der Waals surface area (Å²) in [6.45, 7) is 13.0. The van der Waals surface area contributed by atoms with Crippen molar-refractivity contribution < 1.29 is 9.22 Å². The zero-order valence-corrected chi connectivity index (χ0v) is 17.9. The van der Waals surface area contributed by atoms with Crippen molar-refractivity contribution in [1.29, 1.82) is 0 Å². The van der Waals surface area contributed by atoms with Crippen molar-refractivity contribution in [3.63, 3.8) is 0 Å². The van der Waals surface area contributed by atoms with E-state index in [1.165, 1.54) is 10.8 Å². The molecular weight excluding hydrogens is 360 g/mol. The Bertz CT molecular complexity index is 937. The molecule has 1 heterocycles. The molecule has 0 spiro atoms. The Kier molecular flexibility index (Phi) is 6.06. The van der Waals surface area contributed by atoms with Crippen molar-refractivity contribution in [1.82, 2.24) is 9.13 Å². The van der Waals surface area contributed by atoms with Crippen LogP contribution in [0.25, 0.3) is 0 Å². The van der Waals surface area contributed by atoms with Crippen LogP contribution in [0, 0.1) is 6.92 Å². The van der Waals surface area contributed by atoms with Gasteiger partial charge in [0.15, 0.2) is 8.32 Å². The van der Waals surface area contributed by atoms with Gasteiger partial charge in [0, 0.05) is 23.9 Å². The Morgan fingerprint density at radius 2 is 1.70 bits per heavy atom. The minimum atomic E-state index is -1.94. The molecule has 27 heavy (non-hydrogen) atoms. The molecule has 1 aromatic heterocycles. The summed E-state index contributed by atoms with van der Waals surface area (Å²) in [5, 5.41) is 0.0654. The van der Waals surface area contributed by atoms with Crippen molar-refractivity contribution in [2.24, 2.45) is 0 Å². The number of hydrogen-bond acceptors (Lipinski definition) is 4. The Balaban J connectivity index is 2.33. The Hall–Kier alpha value is -2.25. The molecule has 0 fully saturated rings. The van der Waals surface area contributed by atoms with Crippen molar-refractivity contribution in [3.05, 3.63) is 68.5 Å². The summed E-state index contributed by atoms with van der Waals surface area (Å²) >= 11 is 0. The SMILES string of the molecule is Cc1cn(CCO[Si](C)(C)C(C)(C)C)c(=O)n(C(=O)c2ccccc2)c1=O. The van der Waals surface area contributed by atoms with Crippen LogP contribution in [0.1, 0.15) is 36.7 Å². The molecule has 0 atom stereocenters. The first-order chi connectivity index (χ1) is 12.5. The molecule has 0 N–H and O–H groups in total. The van der Waals surface area contributed by atoms with Gasteiger partial charge in [-0.25, -0.2) is 4.79 Å². The van der Waals surface area contributed by atoms with Gasteiger partial charge in [-0.3, -0.25) is 14.2 Å². The normalized spacial score (nSPS) is 12.2. The number of rotatable bonds is 5. The fraction of sp³-hybridized carbons (Fsp3) is 0.450. The molecule has 0 aliphatic carbocycles. The van der Waals surface area contributed by atoms with Gasteiger partial charge in [0.25, 0.3) is 11.5 Å². The zero-order chi connectivity index (χ0) is 20.4. The van der Waals surface area contributed by atoms with Crippen LogP contribution in [0.3, 0.4) is 0 Å². The second kappa shape index (κ2) is 7.78. The largest absolute Gasteiger partial charge is 0.415 e. The highest BCUT2D eigenvalue weighted by molar-refractivity contribution is 6.74. The van der Waals surface area contributed by atoms with Crippen molar-refractivity contribution in [2.45, 2.75) is 52.4 Å². The van der Waals surface area contributed by atoms with Crippen LogP contribution in [-0.2, 0) is 11.0 Å². The summed E-state index contributed by atoms with van der Waals surface area (Å²) in [7, 11) is -1.94. The lowest BCUT2D eigenvalue weighted by Gasteiger charge is -2.36. The highest BCUT2D eigenvalue weighted by Gasteiger charge is 2.36. The molecule has 7 heteroatoms. The van der Waals surface area contributed by atoms with Gasteiger partial charge in [0.05, 0.1) is 6.61 Å². The van der Waals surface area contributed by atoms with E-state index in [1.807, 2.05) is 0 Å².